The van der Waals surface area contributed by atoms with E-state index in [1.807, 2.05) is 11.3 Å². The van der Waals surface area contributed by atoms with Gasteiger partial charge in [0.2, 0.25) is 5.95 Å². The third-order valence-electron chi connectivity index (χ3n) is 9.58. The topological polar surface area (TPSA) is 43.9 Å². The van der Waals surface area contributed by atoms with Crippen LogP contribution in [0.25, 0.3) is 103 Å². The first kappa shape index (κ1) is 25.2. The van der Waals surface area contributed by atoms with E-state index >= 15 is 0 Å². The van der Waals surface area contributed by atoms with Crippen LogP contribution in [-0.4, -0.2) is 14.5 Å². The highest BCUT2D eigenvalue weighted by atomic mass is 32.1. The molecule has 11 aromatic rings. The van der Waals surface area contributed by atoms with Crippen molar-refractivity contribution in [3.8, 4) is 17.2 Å². The Kier molecular flexibility index (Phi) is 4.96. The highest BCUT2D eigenvalue weighted by Crippen LogP contribution is 2.43. The molecule has 0 spiro atoms. The molecule has 7 aromatic carbocycles. The Bertz CT molecular complexity index is 3090. The maximum atomic E-state index is 6.35. The number of hydrogen-bond acceptors (Lipinski definition) is 4. The third kappa shape index (κ3) is 3.52. The minimum atomic E-state index is 0.665. The highest BCUT2D eigenvalue weighted by Gasteiger charge is 2.21. The van der Waals surface area contributed by atoms with Crippen molar-refractivity contribution >= 4 is 96.9 Å². The van der Waals surface area contributed by atoms with Gasteiger partial charge in [0, 0.05) is 48.0 Å². The molecule has 0 aliphatic carbocycles. The van der Waals surface area contributed by atoms with Crippen LogP contribution in [0.2, 0.25) is 0 Å². The van der Waals surface area contributed by atoms with E-state index in [9.17, 15) is 0 Å². The maximum Gasteiger partial charge on any atom is 0.235 e. The smallest absolute Gasteiger partial charge is 0.235 e. The number of nitrogens with zero attached hydrogens (tertiary/aromatic N) is 3. The van der Waals surface area contributed by atoms with Crippen molar-refractivity contribution in [2.24, 2.45) is 0 Å². The fourth-order valence-corrected chi connectivity index (χ4v) is 8.67. The van der Waals surface area contributed by atoms with Gasteiger partial charge >= 0.3 is 0 Å². The van der Waals surface area contributed by atoms with Crippen molar-refractivity contribution in [1.29, 1.82) is 0 Å². The second kappa shape index (κ2) is 9.25. The van der Waals surface area contributed by atoms with Gasteiger partial charge in [0.05, 0.1) is 26.9 Å². The Morgan fingerprint density at radius 1 is 0.511 bits per heavy atom. The monoisotopic (exact) mass is 617 g/mol. The summed E-state index contributed by atoms with van der Waals surface area (Å²) in [5, 5.41) is 10.5. The molecule has 218 valence electrons. The normalized spacial score (nSPS) is 12.3. The van der Waals surface area contributed by atoms with E-state index in [0.717, 1.165) is 55.1 Å². The number of para-hydroxylation sites is 2. The van der Waals surface area contributed by atoms with Gasteiger partial charge in [-0.05, 0) is 59.3 Å². The molecule has 0 saturated heterocycles. The molecule has 0 N–H and O–H groups in total. The molecule has 0 bridgehead atoms. The molecule has 0 aliphatic rings. The van der Waals surface area contributed by atoms with E-state index in [4.69, 9.17) is 14.4 Å². The number of thiophene rings is 1. The molecule has 0 fully saturated rings. The Labute approximate surface area is 271 Å². The van der Waals surface area contributed by atoms with Crippen LogP contribution in [0.3, 0.4) is 0 Å². The summed E-state index contributed by atoms with van der Waals surface area (Å²) in [6.07, 6.45) is 0. The molecule has 4 aromatic heterocycles. The van der Waals surface area contributed by atoms with Crippen LogP contribution in [-0.2, 0) is 0 Å². The number of hydrogen-bond donors (Lipinski definition) is 0. The van der Waals surface area contributed by atoms with Gasteiger partial charge in [0.25, 0.3) is 0 Å². The molecular formula is C42H23N3OS. The fourth-order valence-electron chi connectivity index (χ4n) is 7.43. The molecule has 0 amide bonds. The second-order valence-electron chi connectivity index (χ2n) is 12.2. The average Bonchev–Trinajstić information content (AvgIpc) is 3.79. The summed E-state index contributed by atoms with van der Waals surface area (Å²) in [7, 11) is 0. The zero-order chi connectivity index (χ0) is 30.6. The molecule has 0 saturated carbocycles. The number of fused-ring (bicyclic) bond motifs is 12. The lowest BCUT2D eigenvalue weighted by Gasteiger charge is -2.12. The zero-order valence-corrected chi connectivity index (χ0v) is 25.8. The Morgan fingerprint density at radius 2 is 1.23 bits per heavy atom. The quantitative estimate of drug-likeness (QED) is 0.194. The van der Waals surface area contributed by atoms with Crippen molar-refractivity contribution in [2.45, 2.75) is 0 Å². The maximum absolute atomic E-state index is 6.35. The van der Waals surface area contributed by atoms with E-state index in [1.54, 1.807) is 0 Å². The molecule has 4 heterocycles. The predicted molar refractivity (Wildman–Crippen MR) is 197 cm³/mol. The van der Waals surface area contributed by atoms with E-state index < -0.39 is 0 Å². The van der Waals surface area contributed by atoms with Gasteiger partial charge in [-0.2, -0.15) is 0 Å². The number of furan rings is 1. The van der Waals surface area contributed by atoms with Crippen molar-refractivity contribution in [2.75, 3.05) is 0 Å². The molecule has 0 unspecified atom stereocenters. The summed E-state index contributed by atoms with van der Waals surface area (Å²) in [6, 6.07) is 49.4. The first-order valence-corrected chi connectivity index (χ1v) is 16.6. The Hall–Kier alpha value is -6.04. The molecule has 0 atom stereocenters. The van der Waals surface area contributed by atoms with Crippen molar-refractivity contribution < 1.29 is 4.42 Å². The molecule has 4 nitrogen and oxygen atoms in total. The molecular weight excluding hydrogens is 595 g/mol. The average molecular weight is 618 g/mol. The molecule has 0 aliphatic heterocycles. The minimum absolute atomic E-state index is 0.665. The lowest BCUT2D eigenvalue weighted by Crippen LogP contribution is -2.03. The number of benzene rings is 7. The summed E-state index contributed by atoms with van der Waals surface area (Å²) in [4.78, 5) is 10.7. The van der Waals surface area contributed by atoms with E-state index in [2.05, 4.69) is 144 Å². The van der Waals surface area contributed by atoms with Crippen LogP contribution in [0, 0.1) is 0 Å². The van der Waals surface area contributed by atoms with E-state index in [-0.39, 0.29) is 0 Å². The van der Waals surface area contributed by atoms with Gasteiger partial charge in [0.1, 0.15) is 11.2 Å². The van der Waals surface area contributed by atoms with Gasteiger partial charge < -0.3 is 4.42 Å². The van der Waals surface area contributed by atoms with Crippen LogP contribution in [0.5, 0.6) is 0 Å². The van der Waals surface area contributed by atoms with Crippen molar-refractivity contribution in [3.63, 3.8) is 0 Å². The lowest BCUT2D eigenvalue weighted by molar-refractivity contribution is 0.669. The van der Waals surface area contributed by atoms with Gasteiger partial charge in [-0.1, -0.05) is 91.0 Å². The summed E-state index contributed by atoms with van der Waals surface area (Å²) in [5.41, 5.74) is 6.84. The lowest BCUT2D eigenvalue weighted by atomic mass is 10.0. The standard InChI is InChI=1S/C42H23N3OS/c1-2-10-25-23-37-33(21-24(25)9-1)32-22-26(17-20-36(32)46-37)39-31-13-3-6-14-34(31)43-42(44-39)45-35-15-7-4-11-27(35)29-18-19-30-28-12-5-8-16-38(28)47-41(30)40(29)45/h1-23H. The SMILES string of the molecule is c1ccc2cc3c(cc2c1)oc1ccc(-c2nc(-n4c5ccccc5c5ccc6c7ccccc7sc6c54)nc4ccccc24)cc13. The van der Waals surface area contributed by atoms with Crippen LogP contribution in [0.15, 0.2) is 144 Å². The number of rotatable bonds is 2. The van der Waals surface area contributed by atoms with Crippen molar-refractivity contribution in [3.05, 3.63) is 140 Å². The van der Waals surface area contributed by atoms with Crippen LogP contribution >= 0.6 is 11.3 Å². The van der Waals surface area contributed by atoms with Crippen LogP contribution < -0.4 is 0 Å². The van der Waals surface area contributed by atoms with Crippen LogP contribution in [0.1, 0.15) is 0 Å². The van der Waals surface area contributed by atoms with Gasteiger partial charge in [-0.15, -0.1) is 11.3 Å². The summed E-state index contributed by atoms with van der Waals surface area (Å²) in [5.74, 6) is 0.665. The minimum Gasteiger partial charge on any atom is -0.456 e. The molecule has 47 heavy (non-hydrogen) atoms. The van der Waals surface area contributed by atoms with Gasteiger partial charge in [0.15, 0.2) is 0 Å². The van der Waals surface area contributed by atoms with E-state index in [1.165, 1.54) is 41.7 Å². The fraction of sp³-hybridized carbons (Fsp3) is 0. The van der Waals surface area contributed by atoms with Crippen LogP contribution in [0.4, 0.5) is 0 Å². The summed E-state index contributed by atoms with van der Waals surface area (Å²) < 4.78 is 11.1. The molecule has 5 heteroatoms. The van der Waals surface area contributed by atoms with Crippen molar-refractivity contribution in [1.82, 2.24) is 14.5 Å². The first-order chi connectivity index (χ1) is 23.3. The largest absolute Gasteiger partial charge is 0.456 e. The summed E-state index contributed by atoms with van der Waals surface area (Å²) in [6.45, 7) is 0. The Balaban J connectivity index is 1.23. The van der Waals surface area contributed by atoms with Gasteiger partial charge in [-0.3, -0.25) is 4.57 Å². The molecule has 0 radical (unpaired) electrons. The Morgan fingerprint density at radius 3 is 2.15 bits per heavy atom. The second-order valence-corrected chi connectivity index (χ2v) is 13.2. The van der Waals surface area contributed by atoms with E-state index in [0.29, 0.717) is 5.95 Å². The molecule has 11 rings (SSSR count). The zero-order valence-electron chi connectivity index (χ0n) is 24.9. The number of aromatic nitrogens is 3. The highest BCUT2D eigenvalue weighted by molar-refractivity contribution is 7.26. The predicted octanol–water partition coefficient (Wildman–Crippen LogP) is 11.8. The first-order valence-electron chi connectivity index (χ1n) is 15.7. The summed E-state index contributed by atoms with van der Waals surface area (Å²) >= 11 is 1.84. The van der Waals surface area contributed by atoms with Gasteiger partial charge in [-0.25, -0.2) is 9.97 Å². The third-order valence-corrected chi connectivity index (χ3v) is 10.8.